The third-order valence-corrected chi connectivity index (χ3v) is 7.16. The summed E-state index contributed by atoms with van der Waals surface area (Å²) in [5.41, 5.74) is 1.19. The number of carbonyl (C=O) groups excluding carboxylic acids is 2. The van der Waals surface area contributed by atoms with Crippen LogP contribution in [0.1, 0.15) is 30.1 Å². The molecule has 0 saturated carbocycles. The number of amides is 1. The van der Waals surface area contributed by atoms with Crippen molar-refractivity contribution in [1.82, 2.24) is 9.29 Å². The van der Waals surface area contributed by atoms with Crippen LogP contribution >= 0.6 is 11.8 Å². The Hall–Kier alpha value is -2.23. The number of carbonyl (C=O) groups is 2. The van der Waals surface area contributed by atoms with Crippen LogP contribution in [-0.2, 0) is 14.8 Å². The van der Waals surface area contributed by atoms with Gasteiger partial charge in [0.25, 0.3) is 0 Å². The molecular formula is C19H21N3O4S2. The maximum Gasteiger partial charge on any atom is 0.244 e. The topological polar surface area (TPSA) is 96.4 Å². The fourth-order valence-corrected chi connectivity index (χ4v) is 4.91. The van der Waals surface area contributed by atoms with Crippen LogP contribution in [0.2, 0.25) is 0 Å². The Morgan fingerprint density at radius 1 is 1.11 bits per heavy atom. The Morgan fingerprint density at radius 3 is 2.36 bits per heavy atom. The zero-order valence-corrected chi connectivity index (χ0v) is 17.1. The van der Waals surface area contributed by atoms with Gasteiger partial charge in [0.2, 0.25) is 15.9 Å². The summed E-state index contributed by atoms with van der Waals surface area (Å²) in [5.74, 6) is -0.106. The molecule has 0 unspecified atom stereocenters. The molecule has 0 atom stereocenters. The van der Waals surface area contributed by atoms with Gasteiger partial charge < -0.3 is 5.32 Å². The smallest absolute Gasteiger partial charge is 0.244 e. The number of thioether (sulfide) groups is 1. The number of benzene rings is 1. The minimum absolute atomic E-state index is 0.0327. The lowest BCUT2D eigenvalue weighted by Gasteiger charge is -2.15. The first-order chi connectivity index (χ1) is 13.4. The molecule has 0 aliphatic carbocycles. The van der Waals surface area contributed by atoms with Gasteiger partial charge in [-0.25, -0.2) is 13.4 Å². The molecule has 1 aliphatic rings. The number of hydrogen-bond acceptors (Lipinski definition) is 6. The Morgan fingerprint density at radius 2 is 1.79 bits per heavy atom. The highest BCUT2D eigenvalue weighted by Gasteiger charge is 2.27. The van der Waals surface area contributed by atoms with Crippen LogP contribution in [0, 0.1) is 0 Å². The molecule has 7 nitrogen and oxygen atoms in total. The van der Waals surface area contributed by atoms with Crippen molar-refractivity contribution in [1.29, 1.82) is 0 Å². The molecule has 0 radical (unpaired) electrons. The van der Waals surface area contributed by atoms with Crippen molar-refractivity contribution in [3.63, 3.8) is 0 Å². The van der Waals surface area contributed by atoms with E-state index in [0.29, 0.717) is 29.4 Å². The van der Waals surface area contributed by atoms with E-state index in [1.807, 2.05) is 0 Å². The van der Waals surface area contributed by atoms with Crippen molar-refractivity contribution in [2.75, 3.05) is 24.2 Å². The number of Topliss-reactive ketones (excluding diaryl/α,β-unsaturated/α-hetero) is 1. The van der Waals surface area contributed by atoms with E-state index >= 15 is 0 Å². The molecular weight excluding hydrogens is 398 g/mol. The molecule has 2 aromatic rings. The van der Waals surface area contributed by atoms with Crippen molar-refractivity contribution < 1.29 is 18.0 Å². The standard InChI is InChI=1S/C19H21N3O4S2/c1-14(23)15-4-6-16(7-5-15)21-18(24)13-27-19-9-8-17(12-20-19)28(25,26)22-10-2-3-11-22/h4-9,12H,2-3,10-11,13H2,1H3,(H,21,24). The number of hydrogen-bond donors (Lipinski definition) is 1. The molecule has 1 aromatic heterocycles. The highest BCUT2D eigenvalue weighted by Crippen LogP contribution is 2.22. The fourth-order valence-electron chi connectivity index (χ4n) is 2.81. The first kappa shape index (κ1) is 20.5. The van der Waals surface area contributed by atoms with Gasteiger partial charge in [-0.05, 0) is 56.2 Å². The molecule has 0 spiro atoms. The molecule has 1 aliphatic heterocycles. The minimum Gasteiger partial charge on any atom is -0.325 e. The highest BCUT2D eigenvalue weighted by atomic mass is 32.2. The van der Waals surface area contributed by atoms with E-state index in [1.54, 1.807) is 30.3 Å². The largest absolute Gasteiger partial charge is 0.325 e. The quantitative estimate of drug-likeness (QED) is 0.548. The lowest BCUT2D eigenvalue weighted by molar-refractivity contribution is -0.113. The van der Waals surface area contributed by atoms with Crippen molar-refractivity contribution >= 4 is 39.2 Å². The molecule has 148 valence electrons. The molecule has 1 saturated heterocycles. The monoisotopic (exact) mass is 419 g/mol. The molecule has 1 amide bonds. The van der Waals surface area contributed by atoms with Gasteiger partial charge in [-0.2, -0.15) is 4.31 Å². The SMILES string of the molecule is CC(=O)c1ccc(NC(=O)CSc2ccc(S(=O)(=O)N3CCCC3)cn2)cc1. The van der Waals surface area contributed by atoms with Gasteiger partial charge in [-0.15, -0.1) is 0 Å². The lowest BCUT2D eigenvalue weighted by Crippen LogP contribution is -2.27. The van der Waals surface area contributed by atoms with E-state index in [9.17, 15) is 18.0 Å². The third-order valence-electron chi connectivity index (χ3n) is 4.34. The number of sulfonamides is 1. The predicted molar refractivity (Wildman–Crippen MR) is 108 cm³/mol. The highest BCUT2D eigenvalue weighted by molar-refractivity contribution is 7.99. The van der Waals surface area contributed by atoms with Gasteiger partial charge in [-0.1, -0.05) is 11.8 Å². The summed E-state index contributed by atoms with van der Waals surface area (Å²) in [6, 6.07) is 9.81. The van der Waals surface area contributed by atoms with E-state index < -0.39 is 10.0 Å². The van der Waals surface area contributed by atoms with Crippen LogP contribution in [0.5, 0.6) is 0 Å². The Kier molecular flexibility index (Phi) is 6.48. The van der Waals surface area contributed by atoms with Gasteiger partial charge in [-0.3, -0.25) is 9.59 Å². The lowest BCUT2D eigenvalue weighted by atomic mass is 10.1. The Bertz CT molecular complexity index is 952. The molecule has 1 fully saturated rings. The van der Waals surface area contributed by atoms with Crippen LogP contribution < -0.4 is 5.32 Å². The van der Waals surface area contributed by atoms with E-state index in [-0.39, 0.29) is 22.3 Å². The molecule has 9 heteroatoms. The summed E-state index contributed by atoms with van der Waals surface area (Å²) in [4.78, 5) is 27.7. The first-order valence-corrected chi connectivity index (χ1v) is 11.3. The number of anilines is 1. The number of nitrogens with one attached hydrogen (secondary N) is 1. The molecule has 2 heterocycles. The van der Waals surface area contributed by atoms with Crippen LogP contribution in [0.15, 0.2) is 52.5 Å². The van der Waals surface area contributed by atoms with Crippen molar-refractivity contribution in [3.05, 3.63) is 48.2 Å². The molecule has 1 aromatic carbocycles. The number of rotatable bonds is 7. The zero-order chi connectivity index (χ0) is 20.1. The van der Waals surface area contributed by atoms with Gasteiger partial charge in [0.15, 0.2) is 5.78 Å². The molecule has 1 N–H and O–H groups in total. The van der Waals surface area contributed by atoms with E-state index in [4.69, 9.17) is 0 Å². The summed E-state index contributed by atoms with van der Waals surface area (Å²) >= 11 is 1.22. The fraction of sp³-hybridized carbons (Fsp3) is 0.316. The van der Waals surface area contributed by atoms with Gasteiger partial charge >= 0.3 is 0 Å². The van der Waals surface area contributed by atoms with Gasteiger partial charge in [0, 0.05) is 30.5 Å². The first-order valence-electron chi connectivity index (χ1n) is 8.86. The summed E-state index contributed by atoms with van der Waals surface area (Å²) in [7, 11) is -3.48. The second-order valence-electron chi connectivity index (χ2n) is 6.41. The van der Waals surface area contributed by atoms with Crippen LogP contribution in [0.25, 0.3) is 0 Å². The second kappa shape index (κ2) is 8.85. The Balaban J connectivity index is 1.54. The minimum atomic E-state index is -3.48. The van der Waals surface area contributed by atoms with Crippen molar-refractivity contribution in [3.8, 4) is 0 Å². The van der Waals surface area contributed by atoms with Crippen LogP contribution in [-0.4, -0.2) is 48.2 Å². The predicted octanol–water partition coefficient (Wildman–Crippen LogP) is 2.80. The average molecular weight is 420 g/mol. The van der Waals surface area contributed by atoms with E-state index in [1.165, 1.54) is 35.3 Å². The summed E-state index contributed by atoms with van der Waals surface area (Å²) in [5, 5.41) is 3.32. The average Bonchev–Trinajstić information content (AvgIpc) is 3.23. The summed E-state index contributed by atoms with van der Waals surface area (Å²) in [6.45, 7) is 2.58. The second-order valence-corrected chi connectivity index (χ2v) is 9.35. The number of pyridine rings is 1. The number of aromatic nitrogens is 1. The van der Waals surface area contributed by atoms with Crippen molar-refractivity contribution in [2.24, 2.45) is 0 Å². The normalized spacial score (nSPS) is 14.8. The van der Waals surface area contributed by atoms with E-state index in [0.717, 1.165) is 12.8 Å². The maximum atomic E-state index is 12.5. The maximum absolute atomic E-state index is 12.5. The number of nitrogens with zero attached hydrogens (tertiary/aromatic N) is 2. The van der Waals surface area contributed by atoms with E-state index in [2.05, 4.69) is 10.3 Å². The van der Waals surface area contributed by atoms with Crippen molar-refractivity contribution in [2.45, 2.75) is 29.7 Å². The third kappa shape index (κ3) is 4.98. The molecule has 0 bridgehead atoms. The van der Waals surface area contributed by atoms with Crippen LogP contribution in [0.4, 0.5) is 5.69 Å². The molecule has 28 heavy (non-hydrogen) atoms. The summed E-state index contributed by atoms with van der Waals surface area (Å²) in [6.07, 6.45) is 3.11. The van der Waals surface area contributed by atoms with Gasteiger partial charge in [0.1, 0.15) is 4.90 Å². The summed E-state index contributed by atoms with van der Waals surface area (Å²) < 4.78 is 26.4. The number of ketones is 1. The van der Waals surface area contributed by atoms with Crippen LogP contribution in [0.3, 0.4) is 0 Å². The van der Waals surface area contributed by atoms with Gasteiger partial charge in [0.05, 0.1) is 10.8 Å². The zero-order valence-electron chi connectivity index (χ0n) is 15.4. The molecule has 3 rings (SSSR count). The Labute approximate surface area is 168 Å².